The van der Waals surface area contributed by atoms with Crippen LogP contribution in [0.5, 0.6) is 0 Å². The molecule has 0 aliphatic carbocycles. The van der Waals surface area contributed by atoms with Crippen molar-refractivity contribution >= 4 is 17.7 Å². The molecule has 0 aromatic carbocycles. The topological polar surface area (TPSA) is 82.5 Å². The number of pyridine rings is 1. The molecule has 1 saturated heterocycles. The molecule has 1 unspecified atom stereocenters. The molecule has 1 fully saturated rings. The van der Waals surface area contributed by atoms with Crippen LogP contribution in [0.2, 0.25) is 0 Å². The Labute approximate surface area is 102 Å². The zero-order valence-corrected chi connectivity index (χ0v) is 9.92. The molecule has 1 aromatic rings. The van der Waals surface area contributed by atoms with Crippen LogP contribution in [0.3, 0.4) is 0 Å². The van der Waals surface area contributed by atoms with Gasteiger partial charge >= 0.3 is 6.23 Å². The number of anilines is 1. The van der Waals surface area contributed by atoms with Crippen molar-refractivity contribution in [2.75, 3.05) is 17.3 Å². The van der Waals surface area contributed by atoms with Gasteiger partial charge < -0.3 is 10.1 Å². The van der Waals surface area contributed by atoms with Crippen LogP contribution in [0.15, 0.2) is 18.3 Å². The third-order valence-corrected chi connectivity index (χ3v) is 3.22. The van der Waals surface area contributed by atoms with E-state index in [1.807, 2.05) is 4.90 Å². The van der Waals surface area contributed by atoms with Crippen molar-refractivity contribution in [2.24, 2.45) is 0 Å². The lowest BCUT2D eigenvalue weighted by Gasteiger charge is -2.28. The molecule has 0 N–H and O–H groups in total. The quantitative estimate of drug-likeness (QED) is 0.255. The molecule has 1 aromatic heterocycles. The first-order chi connectivity index (χ1) is 8.08. The summed E-state index contributed by atoms with van der Waals surface area (Å²) in [5.41, 5.74) is 1.34. The predicted molar refractivity (Wildman–Crippen MR) is 61.8 cm³/mol. The standard InChI is InChI=1S/C9H11N3O4S/c1-7-4-8(2-3-11(7)13)10-5-9(12(14)15)16-17-6-10/h2-4,9H,5-6H2,1H3. The van der Waals surface area contributed by atoms with Crippen molar-refractivity contribution in [1.29, 1.82) is 0 Å². The molecule has 8 heteroatoms. The summed E-state index contributed by atoms with van der Waals surface area (Å²) in [6.45, 7) is 1.87. The van der Waals surface area contributed by atoms with Crippen LogP contribution in [-0.4, -0.2) is 23.6 Å². The highest BCUT2D eigenvalue weighted by atomic mass is 32.2. The summed E-state index contributed by atoms with van der Waals surface area (Å²) in [5.74, 6) is 0.507. The molecule has 0 radical (unpaired) electrons. The van der Waals surface area contributed by atoms with E-state index < -0.39 is 11.2 Å². The van der Waals surface area contributed by atoms with E-state index in [-0.39, 0.29) is 6.54 Å². The summed E-state index contributed by atoms with van der Waals surface area (Å²) in [6, 6.07) is 3.35. The molecule has 0 bridgehead atoms. The minimum atomic E-state index is -1.03. The van der Waals surface area contributed by atoms with Crippen molar-refractivity contribution in [1.82, 2.24) is 0 Å². The lowest BCUT2D eigenvalue weighted by molar-refractivity contribution is -0.612. The highest BCUT2D eigenvalue weighted by Crippen LogP contribution is 2.24. The monoisotopic (exact) mass is 257 g/mol. The van der Waals surface area contributed by atoms with Crippen LogP contribution >= 0.6 is 12.0 Å². The first-order valence-electron chi connectivity index (χ1n) is 4.94. The lowest BCUT2D eigenvalue weighted by atomic mass is 10.3. The van der Waals surface area contributed by atoms with E-state index in [1.54, 1.807) is 19.1 Å². The van der Waals surface area contributed by atoms with E-state index in [1.165, 1.54) is 6.20 Å². The van der Waals surface area contributed by atoms with Crippen LogP contribution in [0, 0.1) is 22.2 Å². The van der Waals surface area contributed by atoms with Gasteiger partial charge in [-0.1, -0.05) is 0 Å². The average Bonchev–Trinajstić information content (AvgIpc) is 2.33. The molecule has 0 amide bonds. The Morgan fingerprint density at radius 3 is 3.12 bits per heavy atom. The van der Waals surface area contributed by atoms with E-state index in [2.05, 4.69) is 0 Å². The van der Waals surface area contributed by atoms with E-state index in [0.29, 0.717) is 11.6 Å². The van der Waals surface area contributed by atoms with Gasteiger partial charge in [0.25, 0.3) is 0 Å². The third-order valence-electron chi connectivity index (χ3n) is 2.45. The summed E-state index contributed by atoms with van der Waals surface area (Å²) in [7, 11) is 0. The van der Waals surface area contributed by atoms with Crippen molar-refractivity contribution < 1.29 is 13.8 Å². The average molecular weight is 257 g/mol. The SMILES string of the molecule is Cc1cc(N2CSOC([N+](=O)[O-])C2)cc[n+]1[O-]. The molecule has 92 valence electrons. The molecule has 1 atom stereocenters. The predicted octanol–water partition coefficient (Wildman–Crippen LogP) is 0.674. The van der Waals surface area contributed by atoms with Gasteiger partial charge in [-0.3, -0.25) is 10.1 Å². The maximum absolute atomic E-state index is 11.2. The van der Waals surface area contributed by atoms with Crippen molar-refractivity contribution in [2.45, 2.75) is 13.2 Å². The number of nitrogens with zero attached hydrogens (tertiary/aromatic N) is 3. The summed E-state index contributed by atoms with van der Waals surface area (Å²) in [6.07, 6.45) is 0.361. The van der Waals surface area contributed by atoms with Gasteiger partial charge in [0.15, 0.2) is 11.9 Å². The van der Waals surface area contributed by atoms with Gasteiger partial charge in [0, 0.05) is 31.1 Å². The fourth-order valence-electron chi connectivity index (χ4n) is 1.51. The second kappa shape index (κ2) is 4.76. The maximum Gasteiger partial charge on any atom is 0.343 e. The van der Waals surface area contributed by atoms with Crippen LogP contribution < -0.4 is 9.63 Å². The summed E-state index contributed by atoms with van der Waals surface area (Å²) in [4.78, 5) is 12.0. The van der Waals surface area contributed by atoms with Crippen molar-refractivity contribution in [3.8, 4) is 0 Å². The van der Waals surface area contributed by atoms with Gasteiger partial charge in [-0.25, -0.2) is 4.18 Å². The number of nitro groups is 1. The molecule has 2 rings (SSSR count). The van der Waals surface area contributed by atoms with E-state index in [4.69, 9.17) is 4.18 Å². The van der Waals surface area contributed by atoms with Crippen LogP contribution in [0.4, 0.5) is 5.69 Å². The normalized spacial score (nSPS) is 20.3. The maximum atomic E-state index is 11.2. The number of hydrogen-bond donors (Lipinski definition) is 0. The largest absolute Gasteiger partial charge is 0.619 e. The Morgan fingerprint density at radius 1 is 1.71 bits per heavy atom. The fraction of sp³-hybridized carbons (Fsp3) is 0.444. The molecule has 1 aliphatic rings. The van der Waals surface area contributed by atoms with Crippen molar-refractivity contribution in [3.05, 3.63) is 39.3 Å². The second-order valence-corrected chi connectivity index (χ2v) is 4.34. The zero-order chi connectivity index (χ0) is 12.4. The number of hydrogen-bond acceptors (Lipinski definition) is 6. The minimum absolute atomic E-state index is 0.183. The van der Waals surface area contributed by atoms with Gasteiger partial charge in [0.1, 0.15) is 6.54 Å². The lowest BCUT2D eigenvalue weighted by Crippen LogP contribution is -2.42. The molecule has 17 heavy (non-hydrogen) atoms. The Bertz CT molecular complexity index is 442. The number of aryl methyl sites for hydroxylation is 1. The first kappa shape index (κ1) is 11.9. The Morgan fingerprint density at radius 2 is 2.47 bits per heavy atom. The minimum Gasteiger partial charge on any atom is -0.619 e. The van der Waals surface area contributed by atoms with Crippen molar-refractivity contribution in [3.63, 3.8) is 0 Å². The van der Waals surface area contributed by atoms with Gasteiger partial charge in [-0.05, 0) is 0 Å². The molecular formula is C9H11N3O4S. The number of aromatic nitrogens is 1. The molecule has 0 saturated carbocycles. The molecule has 7 nitrogen and oxygen atoms in total. The van der Waals surface area contributed by atoms with Gasteiger partial charge in [0.05, 0.1) is 16.5 Å². The van der Waals surface area contributed by atoms with E-state index >= 15 is 0 Å². The molecule has 2 heterocycles. The first-order valence-corrected chi connectivity index (χ1v) is 5.85. The molecule has 0 spiro atoms. The molecular weight excluding hydrogens is 246 g/mol. The summed E-state index contributed by atoms with van der Waals surface area (Å²) < 4.78 is 5.71. The Hall–Kier alpha value is -1.54. The highest BCUT2D eigenvalue weighted by Gasteiger charge is 2.30. The molecule has 1 aliphatic heterocycles. The van der Waals surface area contributed by atoms with Crippen LogP contribution in [-0.2, 0) is 4.18 Å². The van der Waals surface area contributed by atoms with Gasteiger partial charge in [0.2, 0.25) is 0 Å². The summed E-state index contributed by atoms with van der Waals surface area (Å²) >= 11 is 1.04. The number of rotatable bonds is 2. The fourth-order valence-corrected chi connectivity index (χ4v) is 2.24. The van der Waals surface area contributed by atoms with E-state index in [0.717, 1.165) is 22.5 Å². The zero-order valence-electron chi connectivity index (χ0n) is 9.11. The van der Waals surface area contributed by atoms with E-state index in [9.17, 15) is 15.3 Å². The Balaban J connectivity index is 2.16. The smallest absolute Gasteiger partial charge is 0.343 e. The summed E-state index contributed by atoms with van der Waals surface area (Å²) in [5, 5.41) is 21.8. The van der Waals surface area contributed by atoms with Gasteiger partial charge in [-0.15, -0.1) is 0 Å². The Kier molecular flexibility index (Phi) is 3.34. The van der Waals surface area contributed by atoms with Gasteiger partial charge in [-0.2, -0.15) is 4.73 Å². The highest BCUT2D eigenvalue weighted by molar-refractivity contribution is 7.94. The second-order valence-electron chi connectivity index (χ2n) is 3.66. The third kappa shape index (κ3) is 2.59. The van der Waals surface area contributed by atoms with Crippen LogP contribution in [0.25, 0.3) is 0 Å². The van der Waals surface area contributed by atoms with Crippen LogP contribution in [0.1, 0.15) is 5.69 Å².